The van der Waals surface area contributed by atoms with Gasteiger partial charge in [0.05, 0.1) is 22.5 Å². The van der Waals surface area contributed by atoms with Gasteiger partial charge in [0.1, 0.15) is 13.2 Å². The molecule has 1 unspecified atom stereocenters. The van der Waals surface area contributed by atoms with E-state index < -0.39 is 6.09 Å². The molecule has 41 heavy (non-hydrogen) atoms. The second-order valence-corrected chi connectivity index (χ2v) is 10.9. The molecule has 1 aliphatic heterocycles. The first-order valence-corrected chi connectivity index (χ1v) is 14.3. The Bertz CT molecular complexity index is 1350. The topological polar surface area (TPSA) is 91.0 Å². The monoisotopic (exact) mass is 596 g/mol. The maximum Gasteiger partial charge on any atom is 0.407 e. The van der Waals surface area contributed by atoms with E-state index >= 15 is 0 Å². The van der Waals surface area contributed by atoms with E-state index in [2.05, 4.69) is 15.5 Å². The Morgan fingerprint density at radius 1 is 0.927 bits per heavy atom. The van der Waals surface area contributed by atoms with Crippen LogP contribution >= 0.6 is 23.2 Å². The molecule has 1 heterocycles. The van der Waals surface area contributed by atoms with E-state index in [4.69, 9.17) is 27.9 Å². The lowest BCUT2D eigenvalue weighted by Gasteiger charge is -2.32. The molecule has 1 saturated heterocycles. The minimum absolute atomic E-state index is 0.0553. The number of amides is 3. The lowest BCUT2D eigenvalue weighted by molar-refractivity contribution is -0.131. The van der Waals surface area contributed by atoms with Crippen molar-refractivity contribution in [3.8, 4) is 0 Å². The summed E-state index contributed by atoms with van der Waals surface area (Å²) in [6, 6.07) is 21.7. The minimum Gasteiger partial charge on any atom is -0.445 e. The van der Waals surface area contributed by atoms with Crippen LogP contribution in [0.2, 0.25) is 10.0 Å². The molecular weight excluding hydrogens is 563 g/mol. The largest absolute Gasteiger partial charge is 0.445 e. The number of carbonyl (C=O) groups excluding carboxylic acids is 3. The molecule has 216 valence electrons. The Morgan fingerprint density at radius 3 is 2.41 bits per heavy atom. The van der Waals surface area contributed by atoms with E-state index in [1.807, 2.05) is 48.5 Å². The smallest absolute Gasteiger partial charge is 0.407 e. The van der Waals surface area contributed by atoms with E-state index in [1.165, 1.54) is 0 Å². The van der Waals surface area contributed by atoms with Gasteiger partial charge in [-0.3, -0.25) is 9.59 Å². The van der Waals surface area contributed by atoms with Gasteiger partial charge in [0, 0.05) is 19.3 Å². The lowest BCUT2D eigenvalue weighted by atomic mass is 10.0. The molecule has 0 bridgehead atoms. The summed E-state index contributed by atoms with van der Waals surface area (Å²) in [5.41, 5.74) is 3.11. The molecule has 0 saturated carbocycles. The summed E-state index contributed by atoms with van der Waals surface area (Å²) in [5, 5.41) is 6.16. The van der Waals surface area contributed by atoms with E-state index in [0.29, 0.717) is 22.3 Å². The van der Waals surface area contributed by atoms with Crippen molar-refractivity contribution in [2.24, 2.45) is 0 Å². The Morgan fingerprint density at radius 2 is 1.68 bits per heavy atom. The van der Waals surface area contributed by atoms with E-state index in [1.54, 1.807) is 36.2 Å². The fourth-order valence-corrected chi connectivity index (χ4v) is 5.06. The highest BCUT2D eigenvalue weighted by Gasteiger charge is 2.26. The summed E-state index contributed by atoms with van der Waals surface area (Å²) in [5.74, 6) is -0.445. The zero-order valence-corrected chi connectivity index (χ0v) is 24.5. The van der Waals surface area contributed by atoms with Gasteiger partial charge in [-0.15, -0.1) is 0 Å². The van der Waals surface area contributed by atoms with Crippen LogP contribution in [-0.4, -0.2) is 60.9 Å². The first-order chi connectivity index (χ1) is 19.8. The molecule has 3 aromatic rings. The van der Waals surface area contributed by atoms with Gasteiger partial charge >= 0.3 is 6.09 Å². The molecule has 10 heteroatoms. The van der Waals surface area contributed by atoms with Crippen LogP contribution in [-0.2, 0) is 27.4 Å². The predicted octanol–water partition coefficient (Wildman–Crippen LogP) is 5.70. The lowest BCUT2D eigenvalue weighted by Crippen LogP contribution is -2.39. The van der Waals surface area contributed by atoms with Gasteiger partial charge in [-0.2, -0.15) is 0 Å². The van der Waals surface area contributed by atoms with Gasteiger partial charge in [0.2, 0.25) is 11.8 Å². The van der Waals surface area contributed by atoms with Crippen molar-refractivity contribution in [2.45, 2.75) is 31.9 Å². The van der Waals surface area contributed by atoms with Crippen LogP contribution in [0.3, 0.4) is 0 Å². The second kappa shape index (κ2) is 14.9. The Labute approximate surface area is 250 Å². The molecule has 0 aromatic heterocycles. The van der Waals surface area contributed by atoms with Crippen LogP contribution < -0.4 is 10.6 Å². The summed E-state index contributed by atoms with van der Waals surface area (Å²) >= 11 is 12.2. The zero-order chi connectivity index (χ0) is 29.2. The van der Waals surface area contributed by atoms with E-state index in [-0.39, 0.29) is 37.4 Å². The number of ether oxygens (including phenoxy) is 1. The molecule has 2 N–H and O–H groups in total. The molecule has 0 radical (unpaired) electrons. The fraction of sp³-hybridized carbons (Fsp3) is 0.323. The normalized spacial score (nSPS) is 13.8. The number of alkyl carbamates (subject to hydrolysis) is 1. The number of carbonyl (C=O) groups is 3. The maximum absolute atomic E-state index is 13.4. The van der Waals surface area contributed by atoms with Crippen LogP contribution in [0.1, 0.15) is 35.6 Å². The van der Waals surface area contributed by atoms with Crippen molar-refractivity contribution < 1.29 is 19.1 Å². The number of likely N-dealkylation sites (tertiary alicyclic amines) is 1. The van der Waals surface area contributed by atoms with Crippen molar-refractivity contribution >= 4 is 46.8 Å². The van der Waals surface area contributed by atoms with Crippen LogP contribution in [0.15, 0.2) is 72.8 Å². The fourth-order valence-electron chi connectivity index (χ4n) is 4.74. The van der Waals surface area contributed by atoms with Crippen molar-refractivity contribution in [3.05, 3.63) is 99.5 Å². The van der Waals surface area contributed by atoms with Gasteiger partial charge in [-0.25, -0.2) is 4.79 Å². The molecule has 1 aliphatic rings. The SMILES string of the molecule is CN(C(=O)Cc1ccc(Cl)c(Cl)c1)C(CN1CCCC1)c1cccc(NC(=O)CNC(=O)OCc2ccccc2)c1. The molecule has 8 nitrogen and oxygen atoms in total. The summed E-state index contributed by atoms with van der Waals surface area (Å²) in [4.78, 5) is 42.1. The Kier molecular flexibility index (Phi) is 11.0. The number of benzene rings is 3. The van der Waals surface area contributed by atoms with Crippen LogP contribution in [0.25, 0.3) is 0 Å². The van der Waals surface area contributed by atoms with Crippen LogP contribution in [0.5, 0.6) is 0 Å². The standard InChI is InChI=1S/C31H34Cl2N4O4/c1-36(30(39)17-23-12-13-26(32)27(33)16-23)28(20-37-14-5-6-15-37)24-10-7-11-25(18-24)35-29(38)19-34-31(40)41-21-22-8-3-2-4-9-22/h2-4,7-13,16,18,28H,5-6,14-15,17,19-21H2,1H3,(H,34,40)(H,35,38). The van der Waals surface area contributed by atoms with Crippen molar-refractivity contribution in [1.82, 2.24) is 15.1 Å². The van der Waals surface area contributed by atoms with Crippen molar-refractivity contribution in [2.75, 3.05) is 38.5 Å². The molecule has 3 aromatic carbocycles. The Balaban J connectivity index is 1.38. The first-order valence-electron chi connectivity index (χ1n) is 13.5. The number of halogens is 2. The summed E-state index contributed by atoms with van der Waals surface area (Å²) in [6.45, 7) is 2.51. The number of likely N-dealkylation sites (N-methyl/N-ethyl adjacent to an activating group) is 1. The molecule has 0 aliphatic carbocycles. The summed E-state index contributed by atoms with van der Waals surface area (Å²) < 4.78 is 5.16. The van der Waals surface area contributed by atoms with E-state index in [9.17, 15) is 14.4 Å². The molecular formula is C31H34Cl2N4O4. The molecule has 0 spiro atoms. The van der Waals surface area contributed by atoms with E-state index in [0.717, 1.165) is 42.6 Å². The average molecular weight is 598 g/mol. The number of nitrogens with one attached hydrogen (secondary N) is 2. The molecule has 1 atom stereocenters. The zero-order valence-electron chi connectivity index (χ0n) is 22.9. The summed E-state index contributed by atoms with van der Waals surface area (Å²) in [6.07, 6.45) is 1.77. The number of rotatable bonds is 11. The Hall–Kier alpha value is -3.59. The third-order valence-electron chi connectivity index (χ3n) is 6.99. The molecule has 1 fully saturated rings. The summed E-state index contributed by atoms with van der Waals surface area (Å²) in [7, 11) is 1.80. The minimum atomic E-state index is -0.675. The van der Waals surface area contributed by atoms with Crippen molar-refractivity contribution in [3.63, 3.8) is 0 Å². The van der Waals surface area contributed by atoms with Gasteiger partial charge in [-0.1, -0.05) is 71.7 Å². The number of hydrogen-bond acceptors (Lipinski definition) is 5. The van der Waals surface area contributed by atoms with Gasteiger partial charge in [-0.05, 0) is 66.9 Å². The highest BCUT2D eigenvalue weighted by molar-refractivity contribution is 6.42. The quantitative estimate of drug-likeness (QED) is 0.296. The molecule has 4 rings (SSSR count). The average Bonchev–Trinajstić information content (AvgIpc) is 3.49. The number of hydrogen-bond donors (Lipinski definition) is 2. The third-order valence-corrected chi connectivity index (χ3v) is 7.73. The van der Waals surface area contributed by atoms with Crippen LogP contribution in [0, 0.1) is 0 Å². The predicted molar refractivity (Wildman–Crippen MR) is 161 cm³/mol. The molecule has 3 amide bonds. The highest BCUT2D eigenvalue weighted by Crippen LogP contribution is 2.27. The highest BCUT2D eigenvalue weighted by atomic mass is 35.5. The van der Waals surface area contributed by atoms with Gasteiger partial charge < -0.3 is 25.2 Å². The number of anilines is 1. The first kappa shape index (κ1) is 30.4. The van der Waals surface area contributed by atoms with Gasteiger partial charge in [0.25, 0.3) is 0 Å². The number of nitrogens with zero attached hydrogens (tertiary/aromatic N) is 2. The maximum atomic E-state index is 13.4. The van der Waals surface area contributed by atoms with Gasteiger partial charge in [0.15, 0.2) is 0 Å². The van der Waals surface area contributed by atoms with Crippen molar-refractivity contribution in [1.29, 1.82) is 0 Å². The second-order valence-electron chi connectivity index (χ2n) is 10.0. The third kappa shape index (κ3) is 9.21. The van der Waals surface area contributed by atoms with Crippen LogP contribution in [0.4, 0.5) is 10.5 Å².